The molecule has 0 spiro atoms. The van der Waals surface area contributed by atoms with Crippen molar-refractivity contribution in [3.63, 3.8) is 0 Å². The van der Waals surface area contributed by atoms with E-state index in [0.717, 1.165) is 56.1 Å². The van der Waals surface area contributed by atoms with Gasteiger partial charge in [0.2, 0.25) is 6.10 Å². The summed E-state index contributed by atoms with van der Waals surface area (Å²) in [5.74, 6) is -2.75. The molecule has 1 N–H and O–H groups in total. The summed E-state index contributed by atoms with van der Waals surface area (Å²) in [6.07, 6.45) is 7.45. The Bertz CT molecular complexity index is 1470. The van der Waals surface area contributed by atoms with Gasteiger partial charge < -0.3 is 28.8 Å². The van der Waals surface area contributed by atoms with Gasteiger partial charge in [0.25, 0.3) is 0 Å². The van der Waals surface area contributed by atoms with Gasteiger partial charge in [0.05, 0.1) is 54.5 Å². The topological polar surface area (TPSA) is 169 Å². The van der Waals surface area contributed by atoms with Crippen molar-refractivity contribution < 1.29 is 57.6 Å². The first-order chi connectivity index (χ1) is 29.1. The van der Waals surface area contributed by atoms with Gasteiger partial charge in [-0.05, 0) is 110 Å². The third kappa shape index (κ3) is 21.4. The molecule has 12 heteroatoms. The van der Waals surface area contributed by atoms with E-state index in [1.54, 1.807) is 34.6 Å². The Balaban J connectivity index is 0. The van der Waals surface area contributed by atoms with Crippen LogP contribution in [0.3, 0.4) is 0 Å². The lowest BCUT2D eigenvalue weighted by Crippen LogP contribution is -2.45. The third-order valence-electron chi connectivity index (χ3n) is 10.9. The van der Waals surface area contributed by atoms with Crippen LogP contribution in [0.2, 0.25) is 0 Å². The summed E-state index contributed by atoms with van der Waals surface area (Å²) < 4.78 is 26.6. The van der Waals surface area contributed by atoms with Gasteiger partial charge in [0.1, 0.15) is 0 Å². The molecule has 0 saturated carbocycles. The van der Waals surface area contributed by atoms with Crippen LogP contribution in [0, 0.1) is 21.7 Å². The van der Waals surface area contributed by atoms with Gasteiger partial charge >= 0.3 is 35.8 Å². The molecule has 4 unspecified atom stereocenters. The standard InChI is InChI=1S/C25H42O8.C21H32O4.2C2H6/c1-8-11-12-14-32-20(27)23(4,5)16-25(7,17-24(6,9-2)21(28)30-10-3)22(29)33-18-13-15-31-19(18)26;1-5-7-8-13-25-20(24)21(3,4)15-17(6-2)18-11-9-16(10-12-18)14-19(22)23;2*1-2/h18H,8-17H2,1-7H3;9-12,17H,5-8,13-15H2,1-4H3,(H,22,23);2*1-2H3. The fourth-order valence-corrected chi connectivity index (χ4v) is 7.32. The van der Waals surface area contributed by atoms with Crippen LogP contribution < -0.4 is 0 Å². The van der Waals surface area contributed by atoms with E-state index in [1.165, 1.54) is 0 Å². The summed E-state index contributed by atoms with van der Waals surface area (Å²) in [7, 11) is 0. The second-order valence-corrected chi connectivity index (χ2v) is 17.5. The van der Waals surface area contributed by atoms with Crippen molar-refractivity contribution >= 4 is 35.8 Å². The van der Waals surface area contributed by atoms with E-state index in [1.807, 2.05) is 72.7 Å². The van der Waals surface area contributed by atoms with E-state index in [2.05, 4.69) is 20.8 Å². The fraction of sp³-hybridized carbons (Fsp3) is 0.760. The van der Waals surface area contributed by atoms with E-state index >= 15 is 0 Å². The van der Waals surface area contributed by atoms with Gasteiger partial charge in [-0.25, -0.2) is 4.79 Å². The van der Waals surface area contributed by atoms with Crippen LogP contribution in [0.15, 0.2) is 24.3 Å². The summed E-state index contributed by atoms with van der Waals surface area (Å²) in [6.45, 7) is 29.9. The SMILES string of the molecule is CC.CC.CCCCCOC(=O)C(C)(C)CC(C)(CC(C)(CC)C(=O)OCC)C(=O)OC1CCOC1=O.CCCCCOC(=O)C(C)(C)CC(CC)c1ccc(CC(=O)O)cc1. The van der Waals surface area contributed by atoms with Crippen LogP contribution in [0.5, 0.6) is 0 Å². The first kappa shape index (κ1) is 60.1. The summed E-state index contributed by atoms with van der Waals surface area (Å²) in [5, 5.41) is 8.86. The fourth-order valence-electron chi connectivity index (χ4n) is 7.32. The Labute approximate surface area is 375 Å². The number of aliphatic carboxylic acids is 1. The van der Waals surface area contributed by atoms with Crippen molar-refractivity contribution in [1.82, 2.24) is 0 Å². The average molecular weight is 879 g/mol. The van der Waals surface area contributed by atoms with Crippen molar-refractivity contribution in [1.29, 1.82) is 0 Å². The lowest BCUT2D eigenvalue weighted by molar-refractivity contribution is -0.175. The Morgan fingerprint density at radius 3 is 1.63 bits per heavy atom. The van der Waals surface area contributed by atoms with Crippen LogP contribution in [-0.2, 0) is 58.9 Å². The number of carboxylic acid groups (broad SMARTS) is 1. The summed E-state index contributed by atoms with van der Waals surface area (Å²) >= 11 is 0. The highest BCUT2D eigenvalue weighted by atomic mass is 16.6. The van der Waals surface area contributed by atoms with Gasteiger partial charge in [0, 0.05) is 6.42 Å². The van der Waals surface area contributed by atoms with Crippen LogP contribution in [0.25, 0.3) is 0 Å². The molecule has 1 aliphatic heterocycles. The first-order valence-electron chi connectivity index (χ1n) is 23.3. The van der Waals surface area contributed by atoms with E-state index in [9.17, 15) is 28.8 Å². The van der Waals surface area contributed by atoms with Crippen molar-refractivity contribution in [3.8, 4) is 0 Å². The Hall–Kier alpha value is -3.96. The Kier molecular flexibility index (Phi) is 30.0. The molecule has 358 valence electrons. The molecule has 0 amide bonds. The van der Waals surface area contributed by atoms with E-state index in [-0.39, 0.29) is 50.8 Å². The van der Waals surface area contributed by atoms with E-state index < -0.39 is 57.6 Å². The molecule has 1 aromatic carbocycles. The molecule has 12 nitrogen and oxygen atoms in total. The molecule has 0 aromatic heterocycles. The highest BCUT2D eigenvalue weighted by molar-refractivity contribution is 5.85. The molecule has 0 bridgehead atoms. The number of hydrogen-bond donors (Lipinski definition) is 1. The quantitative estimate of drug-likeness (QED) is 0.0561. The smallest absolute Gasteiger partial charge is 0.347 e. The van der Waals surface area contributed by atoms with Crippen molar-refractivity contribution in [2.24, 2.45) is 21.7 Å². The number of esters is 5. The lowest BCUT2D eigenvalue weighted by atomic mass is 9.65. The minimum absolute atomic E-state index is 0.0344. The summed E-state index contributed by atoms with van der Waals surface area (Å²) in [4.78, 5) is 74.1. The number of carbonyl (C=O) groups excluding carboxylic acids is 5. The monoisotopic (exact) mass is 879 g/mol. The highest BCUT2D eigenvalue weighted by Crippen LogP contribution is 2.46. The van der Waals surface area contributed by atoms with Gasteiger partial charge in [-0.15, -0.1) is 0 Å². The molecule has 2 rings (SSSR count). The van der Waals surface area contributed by atoms with Gasteiger partial charge in [-0.2, -0.15) is 0 Å². The molecule has 62 heavy (non-hydrogen) atoms. The zero-order chi connectivity index (χ0) is 48.2. The summed E-state index contributed by atoms with van der Waals surface area (Å²) in [5.41, 5.74) is -1.83. The first-order valence-corrected chi connectivity index (χ1v) is 23.3. The molecule has 0 aliphatic carbocycles. The molecule has 1 fully saturated rings. The molecule has 1 aromatic rings. The Morgan fingerprint density at radius 1 is 0.694 bits per heavy atom. The highest BCUT2D eigenvalue weighted by Gasteiger charge is 2.51. The predicted molar refractivity (Wildman–Crippen MR) is 244 cm³/mol. The number of cyclic esters (lactones) is 1. The lowest BCUT2D eigenvalue weighted by Gasteiger charge is -2.39. The molecule has 4 atom stereocenters. The van der Waals surface area contributed by atoms with Crippen molar-refractivity contribution in [2.45, 2.75) is 199 Å². The second-order valence-electron chi connectivity index (χ2n) is 17.5. The number of rotatable bonds is 25. The zero-order valence-electron chi connectivity index (χ0n) is 41.4. The molecular weight excluding hydrogens is 793 g/mol. The maximum Gasteiger partial charge on any atom is 0.347 e. The van der Waals surface area contributed by atoms with Crippen LogP contribution in [0.4, 0.5) is 0 Å². The molecule has 1 aliphatic rings. The van der Waals surface area contributed by atoms with E-state index in [4.69, 9.17) is 28.8 Å². The Morgan fingerprint density at radius 2 is 1.21 bits per heavy atom. The number of benzene rings is 1. The number of carbonyl (C=O) groups is 6. The minimum Gasteiger partial charge on any atom is -0.481 e. The van der Waals surface area contributed by atoms with Gasteiger partial charge in [-0.1, -0.05) is 105 Å². The molecule has 1 heterocycles. The van der Waals surface area contributed by atoms with Crippen LogP contribution in [-0.4, -0.2) is 73.5 Å². The van der Waals surface area contributed by atoms with E-state index in [0.29, 0.717) is 26.1 Å². The normalized spacial score (nSPS) is 15.8. The number of hydrogen-bond acceptors (Lipinski definition) is 11. The molecular formula is C50H86O12. The van der Waals surface area contributed by atoms with Gasteiger partial charge in [-0.3, -0.25) is 24.0 Å². The van der Waals surface area contributed by atoms with Crippen molar-refractivity contribution in [2.75, 3.05) is 26.4 Å². The molecule has 0 radical (unpaired) electrons. The molecule has 1 saturated heterocycles. The second kappa shape index (κ2) is 31.0. The van der Waals surface area contributed by atoms with Gasteiger partial charge in [0.15, 0.2) is 0 Å². The maximum atomic E-state index is 13.4. The average Bonchev–Trinajstić information content (AvgIpc) is 3.64. The van der Waals surface area contributed by atoms with Crippen LogP contribution in [0.1, 0.15) is 198 Å². The largest absolute Gasteiger partial charge is 0.481 e. The number of unbranched alkanes of at least 4 members (excludes halogenated alkanes) is 4. The zero-order valence-corrected chi connectivity index (χ0v) is 41.4. The predicted octanol–water partition coefficient (Wildman–Crippen LogP) is 11.4. The maximum absolute atomic E-state index is 13.4. The number of carboxylic acids is 1. The van der Waals surface area contributed by atoms with Crippen LogP contribution >= 0.6 is 0 Å². The minimum atomic E-state index is -1.24. The third-order valence-corrected chi connectivity index (χ3v) is 10.9. The summed E-state index contributed by atoms with van der Waals surface area (Å²) in [6, 6.07) is 7.69. The van der Waals surface area contributed by atoms with Crippen molar-refractivity contribution in [3.05, 3.63) is 35.4 Å². The number of ether oxygens (including phenoxy) is 5.